The molecule has 2 aromatic rings. The average molecular weight is 332 g/mol. The summed E-state index contributed by atoms with van der Waals surface area (Å²) >= 11 is 0. The molecule has 0 aliphatic carbocycles. The average Bonchev–Trinajstić information content (AvgIpc) is 2.78. The van der Waals surface area contributed by atoms with Crippen molar-refractivity contribution in [1.29, 1.82) is 0 Å². The largest absolute Gasteiger partial charge is 0.465 e. The summed E-state index contributed by atoms with van der Waals surface area (Å²) in [6.07, 6.45) is 4.78. The second-order valence-electron chi connectivity index (χ2n) is 6.12. The molecule has 1 aromatic carbocycles. The first-order chi connectivity index (χ1) is 10.8. The van der Waals surface area contributed by atoms with E-state index in [1.807, 2.05) is 32.0 Å². The van der Waals surface area contributed by atoms with E-state index in [1.54, 1.807) is 6.08 Å². The van der Waals surface area contributed by atoms with Gasteiger partial charge in [-0.2, -0.15) is 0 Å². The van der Waals surface area contributed by atoms with Crippen LogP contribution in [0.4, 0.5) is 0 Å². The highest BCUT2D eigenvalue weighted by Gasteiger charge is 2.18. The van der Waals surface area contributed by atoms with Crippen LogP contribution in [0.25, 0.3) is 6.08 Å². The van der Waals surface area contributed by atoms with Gasteiger partial charge in [0, 0.05) is 23.1 Å². The van der Waals surface area contributed by atoms with Gasteiger partial charge >= 0.3 is 0 Å². The van der Waals surface area contributed by atoms with Crippen LogP contribution in [0.3, 0.4) is 0 Å². The topological polar surface area (TPSA) is 47.3 Å². The number of hydrogen-bond donors (Lipinski definition) is 0. The summed E-state index contributed by atoms with van der Waals surface area (Å²) in [6.45, 7) is 6.01. The molecule has 0 saturated heterocycles. The van der Waals surface area contributed by atoms with Gasteiger partial charge in [0.15, 0.2) is 9.84 Å². The predicted molar refractivity (Wildman–Crippen MR) is 95.2 cm³/mol. The maximum Gasteiger partial charge on any atom is 0.168 e. The highest BCUT2D eigenvalue weighted by atomic mass is 32.2. The Hall–Kier alpha value is -1.81. The SMILES string of the molecule is Cc1oc(C(C)CCc2ccccc2)c(/C=C/S(C)(=O)=O)c1C. The summed E-state index contributed by atoms with van der Waals surface area (Å²) in [5, 5.41) is 1.25. The van der Waals surface area contributed by atoms with Crippen molar-refractivity contribution in [2.45, 2.75) is 39.5 Å². The Morgan fingerprint density at radius 2 is 1.83 bits per heavy atom. The Balaban J connectivity index is 2.21. The molecule has 0 spiro atoms. The number of sulfone groups is 1. The highest BCUT2D eigenvalue weighted by molar-refractivity contribution is 7.93. The lowest BCUT2D eigenvalue weighted by atomic mass is 9.95. The Bertz CT molecular complexity index is 784. The molecule has 0 amide bonds. The van der Waals surface area contributed by atoms with Crippen molar-refractivity contribution in [1.82, 2.24) is 0 Å². The number of benzene rings is 1. The lowest BCUT2D eigenvalue weighted by Crippen LogP contribution is -1.98. The van der Waals surface area contributed by atoms with Crippen LogP contribution in [0.2, 0.25) is 0 Å². The van der Waals surface area contributed by atoms with E-state index in [0.29, 0.717) is 0 Å². The third kappa shape index (κ3) is 4.83. The minimum atomic E-state index is -3.15. The van der Waals surface area contributed by atoms with Crippen LogP contribution in [0.15, 0.2) is 40.2 Å². The summed E-state index contributed by atoms with van der Waals surface area (Å²) in [5.41, 5.74) is 3.20. The summed E-state index contributed by atoms with van der Waals surface area (Å²) in [6, 6.07) is 10.3. The molecule has 2 rings (SSSR count). The molecule has 1 heterocycles. The van der Waals surface area contributed by atoms with Crippen LogP contribution in [0.1, 0.15) is 47.5 Å². The first kappa shape index (κ1) is 17.5. The molecule has 23 heavy (non-hydrogen) atoms. The fourth-order valence-electron chi connectivity index (χ4n) is 2.59. The molecule has 3 nitrogen and oxygen atoms in total. The third-order valence-electron chi connectivity index (χ3n) is 4.10. The van der Waals surface area contributed by atoms with Gasteiger partial charge < -0.3 is 4.42 Å². The summed E-state index contributed by atoms with van der Waals surface area (Å²) in [5.74, 6) is 1.94. The van der Waals surface area contributed by atoms with Crippen LogP contribution in [0, 0.1) is 13.8 Å². The van der Waals surface area contributed by atoms with Crippen molar-refractivity contribution < 1.29 is 12.8 Å². The number of hydrogen-bond acceptors (Lipinski definition) is 3. The van der Waals surface area contributed by atoms with Gasteiger partial charge in [0.2, 0.25) is 0 Å². The molecule has 0 bridgehead atoms. The minimum Gasteiger partial charge on any atom is -0.465 e. The van der Waals surface area contributed by atoms with Crippen molar-refractivity contribution >= 4 is 15.9 Å². The monoisotopic (exact) mass is 332 g/mol. The van der Waals surface area contributed by atoms with Crippen molar-refractivity contribution in [3.63, 3.8) is 0 Å². The molecular formula is C19H24O3S. The first-order valence-corrected chi connectivity index (χ1v) is 9.75. The fraction of sp³-hybridized carbons (Fsp3) is 0.368. The summed E-state index contributed by atoms with van der Waals surface area (Å²) in [4.78, 5) is 0. The third-order valence-corrected chi connectivity index (χ3v) is 4.73. The van der Waals surface area contributed by atoms with E-state index in [4.69, 9.17) is 4.42 Å². The van der Waals surface area contributed by atoms with E-state index >= 15 is 0 Å². The predicted octanol–water partition coefficient (Wildman–Crippen LogP) is 4.65. The van der Waals surface area contributed by atoms with Crippen LogP contribution >= 0.6 is 0 Å². The lowest BCUT2D eigenvalue weighted by molar-refractivity contribution is 0.441. The molecule has 0 radical (unpaired) electrons. The zero-order chi connectivity index (χ0) is 17.0. The molecule has 0 fully saturated rings. The maximum absolute atomic E-state index is 11.4. The molecule has 0 N–H and O–H groups in total. The van der Waals surface area contributed by atoms with Gasteiger partial charge in [0.1, 0.15) is 11.5 Å². The second kappa shape index (κ2) is 7.18. The van der Waals surface area contributed by atoms with Crippen molar-refractivity contribution in [3.05, 3.63) is 64.0 Å². The van der Waals surface area contributed by atoms with E-state index in [-0.39, 0.29) is 5.92 Å². The smallest absolute Gasteiger partial charge is 0.168 e. The Kier molecular flexibility index (Phi) is 5.47. The molecule has 1 unspecified atom stereocenters. The zero-order valence-corrected chi connectivity index (χ0v) is 15.0. The molecule has 0 saturated carbocycles. The van der Waals surface area contributed by atoms with E-state index < -0.39 is 9.84 Å². The second-order valence-corrected chi connectivity index (χ2v) is 8.05. The molecule has 0 aliphatic heterocycles. The molecule has 0 aliphatic rings. The molecule has 124 valence electrons. The number of rotatable bonds is 6. The van der Waals surface area contributed by atoms with Gasteiger partial charge in [0.25, 0.3) is 0 Å². The van der Waals surface area contributed by atoms with Crippen LogP contribution in [-0.4, -0.2) is 14.7 Å². The molecule has 4 heteroatoms. The molecule has 1 aromatic heterocycles. The number of furan rings is 1. The highest BCUT2D eigenvalue weighted by Crippen LogP contribution is 2.32. The minimum absolute atomic E-state index is 0.224. The van der Waals surface area contributed by atoms with Crippen molar-refractivity contribution in [3.8, 4) is 0 Å². The number of aryl methyl sites for hydroxylation is 2. The first-order valence-electron chi connectivity index (χ1n) is 7.80. The fourth-order valence-corrected chi connectivity index (χ4v) is 2.98. The molecular weight excluding hydrogens is 308 g/mol. The normalized spacial score (nSPS) is 13.6. The van der Waals surface area contributed by atoms with Gasteiger partial charge in [0.05, 0.1) is 0 Å². The van der Waals surface area contributed by atoms with E-state index in [9.17, 15) is 8.42 Å². The van der Waals surface area contributed by atoms with Crippen LogP contribution < -0.4 is 0 Å². The van der Waals surface area contributed by atoms with E-state index in [2.05, 4.69) is 19.1 Å². The van der Waals surface area contributed by atoms with Gasteiger partial charge in [-0.15, -0.1) is 0 Å². The Morgan fingerprint density at radius 3 is 2.43 bits per heavy atom. The van der Waals surface area contributed by atoms with Gasteiger partial charge in [-0.25, -0.2) is 8.42 Å². The van der Waals surface area contributed by atoms with Crippen molar-refractivity contribution in [2.75, 3.05) is 6.26 Å². The standard InChI is InChI=1S/C19H24O3S/c1-14(10-11-17-8-6-5-7-9-17)19-18(12-13-23(4,20)21)15(2)16(3)22-19/h5-9,12-14H,10-11H2,1-4H3/b13-12+. The van der Waals surface area contributed by atoms with Crippen LogP contribution in [0.5, 0.6) is 0 Å². The summed E-state index contributed by atoms with van der Waals surface area (Å²) in [7, 11) is -3.15. The maximum atomic E-state index is 11.4. The Morgan fingerprint density at radius 1 is 1.17 bits per heavy atom. The quantitative estimate of drug-likeness (QED) is 0.773. The van der Waals surface area contributed by atoms with Crippen LogP contribution in [-0.2, 0) is 16.3 Å². The van der Waals surface area contributed by atoms with E-state index in [0.717, 1.165) is 35.5 Å². The van der Waals surface area contributed by atoms with Gasteiger partial charge in [-0.05, 0) is 43.9 Å². The molecule has 1 atom stereocenters. The van der Waals surface area contributed by atoms with Crippen molar-refractivity contribution in [2.24, 2.45) is 0 Å². The summed E-state index contributed by atoms with van der Waals surface area (Å²) < 4.78 is 28.7. The van der Waals surface area contributed by atoms with Gasteiger partial charge in [-0.3, -0.25) is 0 Å². The zero-order valence-electron chi connectivity index (χ0n) is 14.2. The lowest BCUT2D eigenvalue weighted by Gasteiger charge is -2.10. The Labute approximate surface area is 139 Å². The van der Waals surface area contributed by atoms with E-state index in [1.165, 1.54) is 17.2 Å². The van der Waals surface area contributed by atoms with Gasteiger partial charge in [-0.1, -0.05) is 37.3 Å².